The monoisotopic (exact) mass is 355 g/mol. The molecule has 2 aliphatic rings. The number of carbonyl (C=O) groups excluding carboxylic acids is 2. The minimum atomic E-state index is 0.111. The number of H-pyrrole nitrogens is 1. The fraction of sp³-hybridized carbons (Fsp3) is 0.632. The molecule has 1 saturated heterocycles. The average molecular weight is 355 g/mol. The normalized spacial score (nSPS) is 22.1. The molecule has 138 valence electrons. The number of hydrogen-bond acceptors (Lipinski definition) is 5. The lowest BCUT2D eigenvalue weighted by molar-refractivity contribution is -0.133. The summed E-state index contributed by atoms with van der Waals surface area (Å²) in [5, 5.41) is 7.31. The van der Waals surface area contributed by atoms with Gasteiger partial charge >= 0.3 is 0 Å². The number of hydrogen-bond donors (Lipinski definition) is 1. The number of nitrogens with one attached hydrogen (secondary N) is 1. The van der Waals surface area contributed by atoms with Crippen molar-refractivity contribution in [2.45, 2.75) is 57.3 Å². The highest BCUT2D eigenvalue weighted by Gasteiger charge is 2.28. The first kappa shape index (κ1) is 17.1. The molecule has 1 amide bonds. The van der Waals surface area contributed by atoms with Crippen molar-refractivity contribution in [3.63, 3.8) is 0 Å². The van der Waals surface area contributed by atoms with Gasteiger partial charge in [0.05, 0.1) is 5.69 Å². The summed E-state index contributed by atoms with van der Waals surface area (Å²) in [6, 6.07) is 0. The molecule has 1 aliphatic carbocycles. The van der Waals surface area contributed by atoms with Gasteiger partial charge in [-0.05, 0) is 32.1 Å². The predicted octanol–water partition coefficient (Wildman–Crippen LogP) is 2.60. The molecule has 2 aromatic heterocycles. The Morgan fingerprint density at radius 2 is 1.96 bits per heavy atom. The van der Waals surface area contributed by atoms with Crippen molar-refractivity contribution in [1.82, 2.24) is 25.1 Å². The average Bonchev–Trinajstić information content (AvgIpc) is 3.11. The van der Waals surface area contributed by atoms with Crippen LogP contribution >= 0.6 is 0 Å². The quantitative estimate of drug-likeness (QED) is 0.910. The molecule has 0 spiro atoms. The van der Waals surface area contributed by atoms with Gasteiger partial charge in [-0.25, -0.2) is 9.97 Å². The molecule has 0 bridgehead atoms. The number of aromatic amines is 1. The van der Waals surface area contributed by atoms with Gasteiger partial charge < -0.3 is 4.90 Å². The van der Waals surface area contributed by atoms with Crippen molar-refractivity contribution in [2.24, 2.45) is 5.92 Å². The van der Waals surface area contributed by atoms with E-state index in [1.165, 1.54) is 0 Å². The second-order valence-electron chi connectivity index (χ2n) is 7.47. The zero-order valence-electron chi connectivity index (χ0n) is 15.0. The van der Waals surface area contributed by atoms with Gasteiger partial charge in [-0.1, -0.05) is 6.42 Å². The Bertz CT molecular complexity index is 794. The third kappa shape index (κ3) is 3.48. The molecule has 7 heteroatoms. The Hall–Kier alpha value is -2.31. The first-order valence-electron chi connectivity index (χ1n) is 9.68. The van der Waals surface area contributed by atoms with E-state index in [0.29, 0.717) is 30.2 Å². The molecular formula is C19H25N5O2. The van der Waals surface area contributed by atoms with Gasteiger partial charge in [-0.15, -0.1) is 0 Å². The first-order valence-corrected chi connectivity index (χ1v) is 9.68. The summed E-state index contributed by atoms with van der Waals surface area (Å²) in [6.07, 6.45) is 10.2. The number of piperidine rings is 1. The molecule has 26 heavy (non-hydrogen) atoms. The van der Waals surface area contributed by atoms with Gasteiger partial charge in [-0.3, -0.25) is 14.7 Å². The summed E-state index contributed by atoms with van der Waals surface area (Å²) in [5.41, 5.74) is 2.53. The lowest BCUT2D eigenvalue weighted by atomic mass is 9.84. The Labute approximate surface area is 152 Å². The van der Waals surface area contributed by atoms with E-state index in [-0.39, 0.29) is 11.8 Å². The van der Waals surface area contributed by atoms with Crippen LogP contribution in [0.3, 0.4) is 0 Å². The highest BCUT2D eigenvalue weighted by atomic mass is 16.2. The minimum absolute atomic E-state index is 0.111. The van der Waals surface area contributed by atoms with Gasteiger partial charge in [0.25, 0.3) is 0 Å². The number of nitrogens with zero attached hydrogens (tertiary/aromatic N) is 4. The van der Waals surface area contributed by atoms with Gasteiger partial charge in [-0.2, -0.15) is 5.10 Å². The van der Waals surface area contributed by atoms with Crippen molar-refractivity contribution >= 4 is 22.9 Å². The third-order valence-electron chi connectivity index (χ3n) is 5.86. The van der Waals surface area contributed by atoms with E-state index < -0.39 is 0 Å². The van der Waals surface area contributed by atoms with Crippen LogP contribution in [0, 0.1) is 5.92 Å². The number of likely N-dealkylation sites (tertiary alicyclic amines) is 1. The smallest absolute Gasteiger partial charge is 0.222 e. The molecule has 1 saturated carbocycles. The fourth-order valence-electron chi connectivity index (χ4n) is 4.29. The molecule has 2 aromatic rings. The summed E-state index contributed by atoms with van der Waals surface area (Å²) in [6.45, 7) is 1.51. The number of carbonyl (C=O) groups is 2. The van der Waals surface area contributed by atoms with Gasteiger partial charge in [0, 0.05) is 50.2 Å². The van der Waals surface area contributed by atoms with Crippen LogP contribution in [0.15, 0.2) is 12.4 Å². The second kappa shape index (κ2) is 7.51. The van der Waals surface area contributed by atoms with Crippen LogP contribution in [0.5, 0.6) is 0 Å². The summed E-state index contributed by atoms with van der Waals surface area (Å²) >= 11 is 0. The van der Waals surface area contributed by atoms with Crippen LogP contribution in [0.2, 0.25) is 0 Å². The number of amides is 1. The molecule has 1 aliphatic heterocycles. The van der Waals surface area contributed by atoms with E-state index in [9.17, 15) is 9.59 Å². The molecule has 4 rings (SSSR count). The van der Waals surface area contributed by atoms with Crippen LogP contribution in [-0.2, 0) is 9.59 Å². The van der Waals surface area contributed by atoms with E-state index in [4.69, 9.17) is 0 Å². The van der Waals surface area contributed by atoms with Crippen LogP contribution in [0.4, 0.5) is 0 Å². The summed E-state index contributed by atoms with van der Waals surface area (Å²) < 4.78 is 0. The molecular weight excluding hydrogens is 330 g/mol. The lowest BCUT2D eigenvalue weighted by Crippen LogP contribution is -2.38. The number of fused-ring (bicyclic) bond motifs is 1. The maximum Gasteiger partial charge on any atom is 0.222 e. The number of rotatable bonds is 4. The highest BCUT2D eigenvalue weighted by Crippen LogP contribution is 2.31. The van der Waals surface area contributed by atoms with Crippen molar-refractivity contribution in [1.29, 1.82) is 0 Å². The summed E-state index contributed by atoms with van der Waals surface area (Å²) in [7, 11) is 0. The molecule has 1 N–H and O–H groups in total. The van der Waals surface area contributed by atoms with E-state index in [1.54, 1.807) is 12.4 Å². The zero-order valence-corrected chi connectivity index (χ0v) is 15.0. The maximum absolute atomic E-state index is 12.5. The summed E-state index contributed by atoms with van der Waals surface area (Å²) in [5.74, 6) is 0.993. The fourth-order valence-corrected chi connectivity index (χ4v) is 4.29. The van der Waals surface area contributed by atoms with Gasteiger partial charge in [0.15, 0.2) is 5.65 Å². The topological polar surface area (TPSA) is 91.8 Å². The minimum Gasteiger partial charge on any atom is -0.343 e. The van der Waals surface area contributed by atoms with E-state index in [1.807, 2.05) is 4.90 Å². The lowest BCUT2D eigenvalue weighted by Gasteiger charge is -2.32. The number of aromatic nitrogens is 4. The predicted molar refractivity (Wildman–Crippen MR) is 96.4 cm³/mol. The molecule has 1 atom stereocenters. The largest absolute Gasteiger partial charge is 0.343 e. The first-order chi connectivity index (χ1) is 12.7. The number of ketones is 1. The molecule has 7 nitrogen and oxygen atoms in total. The maximum atomic E-state index is 12.5. The molecule has 0 radical (unpaired) electrons. The third-order valence-corrected chi connectivity index (χ3v) is 5.86. The van der Waals surface area contributed by atoms with E-state index in [2.05, 4.69) is 20.2 Å². The number of Topliss-reactive ketones (excluding diaryl/α,β-unsaturated/α-hetero) is 1. The van der Waals surface area contributed by atoms with Crippen LogP contribution in [-0.4, -0.2) is 49.8 Å². The zero-order chi connectivity index (χ0) is 17.9. The van der Waals surface area contributed by atoms with Gasteiger partial charge in [0.1, 0.15) is 11.3 Å². The van der Waals surface area contributed by atoms with Crippen molar-refractivity contribution in [3.8, 4) is 0 Å². The molecule has 3 heterocycles. The Morgan fingerprint density at radius 3 is 2.77 bits per heavy atom. The summed E-state index contributed by atoms with van der Waals surface area (Å²) in [4.78, 5) is 35.0. The Balaban J connectivity index is 1.30. The van der Waals surface area contributed by atoms with Crippen molar-refractivity contribution in [3.05, 3.63) is 18.1 Å². The van der Waals surface area contributed by atoms with Crippen LogP contribution in [0.25, 0.3) is 11.2 Å². The Morgan fingerprint density at radius 1 is 1.15 bits per heavy atom. The molecule has 0 unspecified atom stereocenters. The van der Waals surface area contributed by atoms with Gasteiger partial charge in [0.2, 0.25) is 5.91 Å². The van der Waals surface area contributed by atoms with E-state index >= 15 is 0 Å². The van der Waals surface area contributed by atoms with Crippen LogP contribution < -0.4 is 0 Å². The second-order valence-corrected chi connectivity index (χ2v) is 7.47. The van der Waals surface area contributed by atoms with Crippen molar-refractivity contribution < 1.29 is 9.59 Å². The van der Waals surface area contributed by atoms with Crippen LogP contribution in [0.1, 0.15) is 63.0 Å². The van der Waals surface area contributed by atoms with Crippen molar-refractivity contribution in [2.75, 3.05) is 13.1 Å². The standard InChI is InChI=1S/C19H25N5O2/c25-15-4-2-1-3-13(15)5-6-16(26)24-11-7-14(8-12-24)17-18-19(23-22-17)21-10-9-20-18/h9-10,13-14H,1-8,11-12H2,(H,21,22,23)/t13-/m1/s1. The SMILES string of the molecule is O=C1CCCC[C@@H]1CCC(=O)N1CCC(c2[nH]nc3nccnc23)CC1. The molecule has 2 fully saturated rings. The van der Waals surface area contributed by atoms with E-state index in [0.717, 1.165) is 62.8 Å². The Kier molecular flexibility index (Phi) is 4.95. The highest BCUT2D eigenvalue weighted by molar-refractivity contribution is 5.83. The molecule has 0 aromatic carbocycles.